The second-order valence-electron chi connectivity index (χ2n) is 6.95. The molecule has 2 heterocycles. The normalized spacial score (nSPS) is 20.2. The first kappa shape index (κ1) is 18.7. The number of cyclic esters (lactones) is 1. The molecule has 148 valence electrons. The van der Waals surface area contributed by atoms with Crippen molar-refractivity contribution >= 4 is 35.1 Å². The molecule has 2 aromatic rings. The van der Waals surface area contributed by atoms with E-state index in [2.05, 4.69) is 10.6 Å². The van der Waals surface area contributed by atoms with Gasteiger partial charge in [-0.1, -0.05) is 18.2 Å². The Hall–Kier alpha value is -3.68. The number of rotatable bonds is 4. The molecule has 4 rings (SSSR count). The smallest absolute Gasteiger partial charge is 0.340 e. The summed E-state index contributed by atoms with van der Waals surface area (Å²) in [5.41, 5.74) is 2.14. The Morgan fingerprint density at radius 1 is 1.00 bits per heavy atom. The maximum absolute atomic E-state index is 12.9. The highest BCUT2D eigenvalue weighted by Crippen LogP contribution is 2.38. The Kier molecular flexibility index (Phi) is 4.75. The number of benzene rings is 2. The van der Waals surface area contributed by atoms with Gasteiger partial charge in [-0.3, -0.25) is 19.3 Å². The van der Waals surface area contributed by atoms with E-state index in [1.54, 1.807) is 48.5 Å². The highest BCUT2D eigenvalue weighted by molar-refractivity contribution is 6.00. The van der Waals surface area contributed by atoms with Crippen LogP contribution >= 0.6 is 0 Å². The van der Waals surface area contributed by atoms with Crippen LogP contribution in [0.15, 0.2) is 48.5 Å². The molecule has 0 radical (unpaired) electrons. The van der Waals surface area contributed by atoms with Gasteiger partial charge in [-0.2, -0.15) is 0 Å². The van der Waals surface area contributed by atoms with E-state index in [0.29, 0.717) is 28.9 Å². The Morgan fingerprint density at radius 2 is 1.66 bits per heavy atom. The van der Waals surface area contributed by atoms with Crippen LogP contribution in [0.4, 0.5) is 11.4 Å². The van der Waals surface area contributed by atoms with Crippen molar-refractivity contribution in [3.05, 3.63) is 59.7 Å². The van der Waals surface area contributed by atoms with E-state index in [0.717, 1.165) is 0 Å². The standard InChI is InChI=1S/C21H19N3O5/c1-12(25)22-13-6-8-14(9-7-13)23-19(27)17-10-11-18(26)24(17)20-15-4-2-3-5-16(15)21(28)29-20/h2-9,17,20H,10-11H2,1H3,(H,22,25)(H,23,27)/t17-,20-/m1/s1. The average Bonchev–Trinajstić information content (AvgIpc) is 3.23. The number of likely N-dealkylation sites (tertiary alicyclic amines) is 1. The highest BCUT2D eigenvalue weighted by atomic mass is 16.6. The van der Waals surface area contributed by atoms with Gasteiger partial charge in [-0.25, -0.2) is 4.79 Å². The molecule has 2 atom stereocenters. The van der Waals surface area contributed by atoms with Gasteiger partial charge in [0.25, 0.3) is 0 Å². The Labute approximate surface area is 166 Å². The predicted octanol–water partition coefficient (Wildman–Crippen LogP) is 2.44. The molecule has 8 heteroatoms. The summed E-state index contributed by atoms with van der Waals surface area (Å²) in [6.45, 7) is 1.41. The summed E-state index contributed by atoms with van der Waals surface area (Å²) in [6.07, 6.45) is -0.354. The van der Waals surface area contributed by atoms with Gasteiger partial charge in [0.2, 0.25) is 23.9 Å². The molecular weight excluding hydrogens is 374 g/mol. The number of carbonyl (C=O) groups excluding carboxylic acids is 4. The first-order chi connectivity index (χ1) is 13.9. The van der Waals surface area contributed by atoms with Crippen LogP contribution in [0.5, 0.6) is 0 Å². The largest absolute Gasteiger partial charge is 0.433 e. The zero-order chi connectivity index (χ0) is 20.5. The van der Waals surface area contributed by atoms with E-state index >= 15 is 0 Å². The van der Waals surface area contributed by atoms with Crippen LogP contribution in [0.3, 0.4) is 0 Å². The van der Waals surface area contributed by atoms with Gasteiger partial charge in [0.1, 0.15) is 6.04 Å². The molecule has 3 amide bonds. The van der Waals surface area contributed by atoms with Crippen LogP contribution in [-0.4, -0.2) is 34.6 Å². The quantitative estimate of drug-likeness (QED) is 0.777. The molecule has 0 saturated carbocycles. The number of nitrogens with one attached hydrogen (secondary N) is 2. The summed E-state index contributed by atoms with van der Waals surface area (Å²) in [6, 6.07) is 12.8. The van der Waals surface area contributed by atoms with Gasteiger partial charge in [-0.05, 0) is 36.8 Å². The minimum absolute atomic E-state index is 0.187. The Morgan fingerprint density at radius 3 is 2.34 bits per heavy atom. The SMILES string of the molecule is CC(=O)Nc1ccc(NC(=O)[C@H]2CCC(=O)N2[C@@H]2OC(=O)c3ccccc32)cc1. The molecular formula is C21H19N3O5. The van der Waals surface area contributed by atoms with Crippen LogP contribution in [0.2, 0.25) is 0 Å². The molecule has 29 heavy (non-hydrogen) atoms. The van der Waals surface area contributed by atoms with Crippen molar-refractivity contribution in [3.63, 3.8) is 0 Å². The summed E-state index contributed by atoms with van der Waals surface area (Å²) in [5, 5.41) is 5.44. The molecule has 0 unspecified atom stereocenters. The van der Waals surface area contributed by atoms with Gasteiger partial charge in [0, 0.05) is 30.3 Å². The number of carbonyl (C=O) groups is 4. The summed E-state index contributed by atoms with van der Waals surface area (Å²) < 4.78 is 5.42. The van der Waals surface area contributed by atoms with E-state index in [-0.39, 0.29) is 24.1 Å². The van der Waals surface area contributed by atoms with Gasteiger partial charge in [0.05, 0.1) is 5.56 Å². The average molecular weight is 393 g/mol. The lowest BCUT2D eigenvalue weighted by atomic mass is 10.1. The van der Waals surface area contributed by atoms with Crippen molar-refractivity contribution < 1.29 is 23.9 Å². The van der Waals surface area contributed by atoms with Crippen molar-refractivity contribution in [1.82, 2.24) is 4.90 Å². The third-order valence-corrected chi connectivity index (χ3v) is 4.95. The summed E-state index contributed by atoms with van der Waals surface area (Å²) in [4.78, 5) is 50.0. The maximum atomic E-state index is 12.9. The number of hydrogen-bond acceptors (Lipinski definition) is 5. The molecule has 2 aliphatic heterocycles. The van der Waals surface area contributed by atoms with Crippen molar-refractivity contribution in [3.8, 4) is 0 Å². The molecule has 0 spiro atoms. The number of esters is 1. The molecule has 0 bridgehead atoms. The molecule has 0 aliphatic carbocycles. The van der Waals surface area contributed by atoms with Crippen molar-refractivity contribution in [2.45, 2.75) is 32.0 Å². The van der Waals surface area contributed by atoms with Gasteiger partial charge >= 0.3 is 5.97 Å². The first-order valence-corrected chi connectivity index (χ1v) is 9.23. The summed E-state index contributed by atoms with van der Waals surface area (Å²) in [7, 11) is 0. The lowest BCUT2D eigenvalue weighted by Crippen LogP contribution is -2.43. The molecule has 2 aromatic carbocycles. The number of nitrogens with zero attached hydrogens (tertiary/aromatic N) is 1. The Bertz CT molecular complexity index is 1000. The van der Waals surface area contributed by atoms with Gasteiger partial charge < -0.3 is 15.4 Å². The molecule has 0 aromatic heterocycles. The monoisotopic (exact) mass is 393 g/mol. The third kappa shape index (κ3) is 3.56. The molecule has 1 fully saturated rings. The topological polar surface area (TPSA) is 105 Å². The molecule has 8 nitrogen and oxygen atoms in total. The zero-order valence-corrected chi connectivity index (χ0v) is 15.7. The molecule has 1 saturated heterocycles. The van der Waals surface area contributed by atoms with Crippen molar-refractivity contribution in [1.29, 1.82) is 0 Å². The minimum atomic E-state index is -0.897. The minimum Gasteiger partial charge on any atom is -0.433 e. The van der Waals surface area contributed by atoms with Crippen LogP contribution < -0.4 is 10.6 Å². The van der Waals surface area contributed by atoms with E-state index in [9.17, 15) is 19.2 Å². The second-order valence-corrected chi connectivity index (χ2v) is 6.95. The van der Waals surface area contributed by atoms with E-state index < -0.39 is 18.2 Å². The van der Waals surface area contributed by atoms with Crippen LogP contribution in [0.1, 0.15) is 41.9 Å². The number of anilines is 2. The fourth-order valence-electron chi connectivity index (χ4n) is 3.65. The fourth-order valence-corrected chi connectivity index (χ4v) is 3.65. The number of amides is 3. The van der Waals surface area contributed by atoms with E-state index in [1.807, 2.05) is 0 Å². The van der Waals surface area contributed by atoms with E-state index in [4.69, 9.17) is 4.74 Å². The van der Waals surface area contributed by atoms with Crippen LogP contribution in [-0.2, 0) is 19.1 Å². The maximum Gasteiger partial charge on any atom is 0.340 e. The highest BCUT2D eigenvalue weighted by Gasteiger charge is 2.46. The summed E-state index contributed by atoms with van der Waals surface area (Å²) in [5.74, 6) is -1.28. The lowest BCUT2D eigenvalue weighted by Gasteiger charge is -2.29. The van der Waals surface area contributed by atoms with Gasteiger partial charge in [-0.15, -0.1) is 0 Å². The van der Waals surface area contributed by atoms with Gasteiger partial charge in [0.15, 0.2) is 0 Å². The first-order valence-electron chi connectivity index (χ1n) is 9.23. The van der Waals surface area contributed by atoms with Crippen LogP contribution in [0.25, 0.3) is 0 Å². The fraction of sp³-hybridized carbons (Fsp3) is 0.238. The number of fused-ring (bicyclic) bond motifs is 1. The second kappa shape index (κ2) is 7.38. The Balaban J connectivity index is 1.52. The van der Waals surface area contributed by atoms with Crippen molar-refractivity contribution in [2.75, 3.05) is 10.6 Å². The summed E-state index contributed by atoms with van der Waals surface area (Å²) >= 11 is 0. The number of hydrogen-bond donors (Lipinski definition) is 2. The van der Waals surface area contributed by atoms with Crippen molar-refractivity contribution in [2.24, 2.45) is 0 Å². The predicted molar refractivity (Wildman–Crippen MR) is 104 cm³/mol. The van der Waals surface area contributed by atoms with E-state index in [1.165, 1.54) is 11.8 Å². The lowest BCUT2D eigenvalue weighted by molar-refractivity contribution is -0.144. The molecule has 2 N–H and O–H groups in total. The van der Waals surface area contributed by atoms with Crippen LogP contribution in [0, 0.1) is 0 Å². The zero-order valence-electron chi connectivity index (χ0n) is 15.7. The molecule has 2 aliphatic rings. The third-order valence-electron chi connectivity index (χ3n) is 4.95. The number of ether oxygens (including phenoxy) is 1.